The van der Waals surface area contributed by atoms with Gasteiger partial charge in [0, 0.05) is 23.5 Å². The number of amides is 1. The molecule has 3 rings (SSSR count). The molecule has 30 heavy (non-hydrogen) atoms. The van der Waals surface area contributed by atoms with Gasteiger partial charge in [0.2, 0.25) is 10.0 Å². The first-order valence-corrected chi connectivity index (χ1v) is 11.8. The van der Waals surface area contributed by atoms with Crippen molar-refractivity contribution in [1.29, 1.82) is 0 Å². The van der Waals surface area contributed by atoms with E-state index >= 15 is 0 Å². The Morgan fingerprint density at radius 2 is 1.90 bits per heavy atom. The van der Waals surface area contributed by atoms with Crippen molar-refractivity contribution in [2.24, 2.45) is 0 Å². The maximum absolute atomic E-state index is 12.5. The molecule has 1 aromatic carbocycles. The van der Waals surface area contributed by atoms with Gasteiger partial charge in [0.25, 0.3) is 5.91 Å². The van der Waals surface area contributed by atoms with Crippen molar-refractivity contribution in [3.8, 4) is 0 Å². The summed E-state index contributed by atoms with van der Waals surface area (Å²) in [6.07, 6.45) is 2.24. The first-order chi connectivity index (χ1) is 14.4. The number of sulfonamides is 1. The molecule has 1 atom stereocenters. The smallest absolute Gasteiger partial charge is 0.251 e. The van der Waals surface area contributed by atoms with Gasteiger partial charge in [-0.3, -0.25) is 9.69 Å². The molecule has 2 N–H and O–H groups in total. The summed E-state index contributed by atoms with van der Waals surface area (Å²) < 4.78 is 32.9. The average molecular weight is 448 g/mol. The normalized spacial score (nSPS) is 12.8. The Balaban J connectivity index is 1.56. The fourth-order valence-electron chi connectivity index (χ4n) is 2.94. The Morgan fingerprint density at radius 1 is 1.13 bits per heavy atom. The molecule has 0 saturated carbocycles. The lowest BCUT2D eigenvalue weighted by Crippen LogP contribution is -2.34. The van der Waals surface area contributed by atoms with Crippen LogP contribution in [0.4, 0.5) is 0 Å². The summed E-state index contributed by atoms with van der Waals surface area (Å²) in [7, 11) is 0.196. The highest BCUT2D eigenvalue weighted by Gasteiger charge is 2.19. The van der Waals surface area contributed by atoms with Gasteiger partial charge in [-0.05, 0) is 68.4 Å². The van der Waals surface area contributed by atoms with Crippen LogP contribution in [-0.2, 0) is 16.4 Å². The SMILES string of the molecule is CN(C)C(CNC(=O)c1ccc(S(=O)(=O)NCCc2cccs2)cc1)c1ccco1. The largest absolute Gasteiger partial charge is 0.468 e. The summed E-state index contributed by atoms with van der Waals surface area (Å²) in [5, 5.41) is 4.83. The fraction of sp³-hybridized carbons (Fsp3) is 0.286. The highest BCUT2D eigenvalue weighted by atomic mass is 32.2. The zero-order valence-corrected chi connectivity index (χ0v) is 18.5. The minimum atomic E-state index is -3.62. The predicted octanol–water partition coefficient (Wildman–Crippen LogP) is 2.89. The van der Waals surface area contributed by atoms with Gasteiger partial charge in [-0.15, -0.1) is 11.3 Å². The van der Waals surface area contributed by atoms with Gasteiger partial charge in [0.05, 0.1) is 17.2 Å². The van der Waals surface area contributed by atoms with Gasteiger partial charge in [0.15, 0.2) is 0 Å². The topological polar surface area (TPSA) is 91.7 Å². The predicted molar refractivity (Wildman–Crippen MR) is 117 cm³/mol. The van der Waals surface area contributed by atoms with E-state index < -0.39 is 10.0 Å². The van der Waals surface area contributed by atoms with Gasteiger partial charge >= 0.3 is 0 Å². The molecule has 7 nitrogen and oxygen atoms in total. The highest BCUT2D eigenvalue weighted by Crippen LogP contribution is 2.18. The number of benzene rings is 1. The molecule has 0 aliphatic carbocycles. The van der Waals surface area contributed by atoms with Crippen molar-refractivity contribution >= 4 is 27.3 Å². The van der Waals surface area contributed by atoms with Gasteiger partial charge < -0.3 is 9.73 Å². The maximum Gasteiger partial charge on any atom is 0.251 e. The fourth-order valence-corrected chi connectivity index (χ4v) is 4.68. The number of carbonyl (C=O) groups is 1. The van der Waals surface area contributed by atoms with Crippen LogP contribution in [0.5, 0.6) is 0 Å². The summed E-state index contributed by atoms with van der Waals surface area (Å²) in [4.78, 5) is 15.7. The molecule has 160 valence electrons. The van der Waals surface area contributed by atoms with Crippen LogP contribution in [0.3, 0.4) is 0 Å². The zero-order valence-electron chi connectivity index (χ0n) is 16.9. The standard InChI is InChI=1S/C21H25N3O4S2/c1-24(2)19(20-6-3-13-28-20)15-22-21(25)16-7-9-18(10-8-16)30(26,27)23-12-11-17-5-4-14-29-17/h3-10,13-14,19,23H,11-12,15H2,1-2H3,(H,22,25). The second-order valence-corrected chi connectivity index (χ2v) is 9.76. The second kappa shape index (κ2) is 10.0. The number of nitrogens with zero attached hydrogens (tertiary/aromatic N) is 1. The molecular formula is C21H25N3O4S2. The molecular weight excluding hydrogens is 422 g/mol. The lowest BCUT2D eigenvalue weighted by molar-refractivity contribution is 0.0939. The Bertz CT molecular complexity index is 1030. The molecule has 1 unspecified atom stereocenters. The lowest BCUT2D eigenvalue weighted by atomic mass is 10.2. The number of thiophene rings is 1. The number of rotatable bonds is 10. The molecule has 3 aromatic rings. The summed E-state index contributed by atoms with van der Waals surface area (Å²) in [5.74, 6) is 0.485. The van der Waals surface area contributed by atoms with Gasteiger partial charge in [-0.2, -0.15) is 0 Å². The molecule has 0 aliphatic heterocycles. The highest BCUT2D eigenvalue weighted by molar-refractivity contribution is 7.89. The van der Waals surface area contributed by atoms with Crippen molar-refractivity contribution in [1.82, 2.24) is 14.9 Å². The molecule has 0 aliphatic rings. The second-order valence-electron chi connectivity index (χ2n) is 6.96. The van der Waals surface area contributed by atoms with E-state index in [0.717, 1.165) is 10.6 Å². The molecule has 0 fully saturated rings. The van der Waals surface area contributed by atoms with Crippen LogP contribution in [-0.4, -0.2) is 46.4 Å². The summed E-state index contributed by atoms with van der Waals surface area (Å²) >= 11 is 1.59. The first-order valence-electron chi connectivity index (χ1n) is 9.47. The minimum absolute atomic E-state index is 0.101. The molecule has 9 heteroatoms. The van der Waals surface area contributed by atoms with Gasteiger partial charge in [-0.25, -0.2) is 13.1 Å². The number of nitrogens with one attached hydrogen (secondary N) is 2. The number of furan rings is 1. The molecule has 2 aromatic heterocycles. The third-order valence-electron chi connectivity index (χ3n) is 4.62. The van der Waals surface area contributed by atoms with E-state index in [1.165, 1.54) is 24.3 Å². The molecule has 2 heterocycles. The van der Waals surface area contributed by atoms with E-state index in [2.05, 4.69) is 10.0 Å². The minimum Gasteiger partial charge on any atom is -0.468 e. The van der Waals surface area contributed by atoms with Crippen LogP contribution in [0.2, 0.25) is 0 Å². The van der Waals surface area contributed by atoms with Crippen molar-refractivity contribution in [3.05, 3.63) is 76.4 Å². The summed E-state index contributed by atoms with van der Waals surface area (Å²) in [6, 6.07) is 13.4. The monoisotopic (exact) mass is 447 g/mol. The van der Waals surface area contributed by atoms with Crippen molar-refractivity contribution in [2.75, 3.05) is 27.2 Å². The maximum atomic E-state index is 12.5. The quantitative estimate of drug-likeness (QED) is 0.499. The van der Waals surface area contributed by atoms with Gasteiger partial charge in [0.1, 0.15) is 5.76 Å². The Labute approximate surface area is 180 Å². The van der Waals surface area contributed by atoms with Crippen LogP contribution in [0.1, 0.15) is 27.0 Å². The van der Waals surface area contributed by atoms with Crippen LogP contribution in [0.25, 0.3) is 0 Å². The summed E-state index contributed by atoms with van der Waals surface area (Å²) in [6.45, 7) is 0.688. The lowest BCUT2D eigenvalue weighted by Gasteiger charge is -2.22. The Morgan fingerprint density at radius 3 is 2.50 bits per heavy atom. The Kier molecular flexibility index (Phi) is 7.43. The molecule has 0 radical (unpaired) electrons. The molecule has 1 amide bonds. The molecule has 0 bridgehead atoms. The van der Waals surface area contributed by atoms with Gasteiger partial charge in [-0.1, -0.05) is 6.07 Å². The number of carbonyl (C=O) groups excluding carboxylic acids is 1. The van der Waals surface area contributed by atoms with E-state index in [9.17, 15) is 13.2 Å². The van der Waals surface area contributed by atoms with E-state index in [1.807, 2.05) is 42.6 Å². The van der Waals surface area contributed by atoms with Crippen LogP contribution < -0.4 is 10.0 Å². The third kappa shape index (κ3) is 5.79. The molecule has 0 saturated heterocycles. The number of hydrogen-bond acceptors (Lipinski definition) is 6. The van der Waals surface area contributed by atoms with Crippen LogP contribution in [0.15, 0.2) is 69.5 Å². The Hall–Kier alpha value is -2.46. The summed E-state index contributed by atoms with van der Waals surface area (Å²) in [5.41, 5.74) is 0.393. The van der Waals surface area contributed by atoms with Crippen molar-refractivity contribution < 1.29 is 17.6 Å². The first kappa shape index (κ1) is 22.2. The zero-order chi connectivity index (χ0) is 21.6. The van der Waals surface area contributed by atoms with Crippen molar-refractivity contribution in [2.45, 2.75) is 17.4 Å². The van der Waals surface area contributed by atoms with E-state index in [1.54, 1.807) is 23.7 Å². The number of hydrogen-bond donors (Lipinski definition) is 2. The molecule has 0 spiro atoms. The number of likely N-dealkylation sites (N-methyl/N-ethyl adjacent to an activating group) is 1. The third-order valence-corrected chi connectivity index (χ3v) is 7.03. The van der Waals surface area contributed by atoms with Crippen molar-refractivity contribution in [3.63, 3.8) is 0 Å². The van der Waals surface area contributed by atoms with E-state index in [0.29, 0.717) is 25.1 Å². The van der Waals surface area contributed by atoms with Crippen LogP contribution in [0, 0.1) is 0 Å². The van der Waals surface area contributed by atoms with E-state index in [-0.39, 0.29) is 16.8 Å². The van der Waals surface area contributed by atoms with Crippen LogP contribution >= 0.6 is 11.3 Å². The van der Waals surface area contributed by atoms with E-state index in [4.69, 9.17) is 4.42 Å². The average Bonchev–Trinajstić information content (AvgIpc) is 3.42.